The molecule has 37 heavy (non-hydrogen) atoms. The highest BCUT2D eigenvalue weighted by Crippen LogP contribution is 2.40. The quantitative estimate of drug-likeness (QED) is 0.533. The maximum absolute atomic E-state index is 13.3. The minimum Gasteiger partial charge on any atom is -0.489 e. The summed E-state index contributed by atoms with van der Waals surface area (Å²) >= 11 is 0. The van der Waals surface area contributed by atoms with Crippen molar-refractivity contribution < 1.29 is 14.3 Å². The minimum absolute atomic E-state index is 0.0909. The van der Waals surface area contributed by atoms with E-state index in [2.05, 4.69) is 46.2 Å². The van der Waals surface area contributed by atoms with Crippen LogP contribution in [0.1, 0.15) is 54.0 Å². The molecule has 3 atom stereocenters. The molecular weight excluding hydrogens is 464 g/mol. The number of hydrazine groups is 1. The number of pyridine rings is 1. The lowest BCUT2D eigenvalue weighted by Crippen LogP contribution is -2.55. The topological polar surface area (TPSA) is 83.6 Å². The number of nitrogens with one attached hydrogen (secondary N) is 2. The zero-order valence-corrected chi connectivity index (χ0v) is 20.9. The number of amides is 2. The Labute approximate surface area is 217 Å². The van der Waals surface area contributed by atoms with Crippen molar-refractivity contribution in [3.63, 3.8) is 0 Å². The smallest absolute Gasteiger partial charge is 0.237 e. The van der Waals surface area contributed by atoms with Crippen molar-refractivity contribution in [2.45, 2.75) is 51.2 Å². The molecule has 0 spiro atoms. The first-order valence-electron chi connectivity index (χ1n) is 13.2. The predicted octanol–water partition coefficient (Wildman–Crippen LogP) is 4.27. The molecule has 2 N–H and O–H groups in total. The highest BCUT2D eigenvalue weighted by Gasteiger charge is 2.40. The lowest BCUT2D eigenvalue weighted by Gasteiger charge is -2.41. The van der Waals surface area contributed by atoms with Gasteiger partial charge in [-0.15, -0.1) is 0 Å². The average molecular weight is 497 g/mol. The van der Waals surface area contributed by atoms with Crippen LogP contribution in [0.3, 0.4) is 0 Å². The van der Waals surface area contributed by atoms with E-state index in [0.717, 1.165) is 53.8 Å². The maximum Gasteiger partial charge on any atom is 0.237 e. The summed E-state index contributed by atoms with van der Waals surface area (Å²) in [4.78, 5) is 31.5. The summed E-state index contributed by atoms with van der Waals surface area (Å²) in [6, 6.07) is 18.3. The van der Waals surface area contributed by atoms with Gasteiger partial charge in [0.05, 0.1) is 18.2 Å². The van der Waals surface area contributed by atoms with Crippen LogP contribution < -0.4 is 20.5 Å². The van der Waals surface area contributed by atoms with E-state index in [1.165, 1.54) is 12.0 Å². The van der Waals surface area contributed by atoms with Gasteiger partial charge in [-0.3, -0.25) is 20.0 Å². The number of carbonyl (C=O) groups excluding carboxylic acids is 2. The Balaban J connectivity index is 1.11. The molecule has 2 aliphatic heterocycles. The number of aromatic nitrogens is 1. The summed E-state index contributed by atoms with van der Waals surface area (Å²) in [5, 5.41) is 0. The van der Waals surface area contributed by atoms with E-state index in [9.17, 15) is 9.59 Å². The fourth-order valence-corrected chi connectivity index (χ4v) is 6.03. The van der Waals surface area contributed by atoms with E-state index in [1.807, 2.05) is 29.2 Å². The number of nitrogens with zero attached hydrogens (tertiary/aromatic N) is 2. The zero-order valence-electron chi connectivity index (χ0n) is 20.9. The second kappa shape index (κ2) is 10.3. The van der Waals surface area contributed by atoms with Crippen molar-refractivity contribution in [1.29, 1.82) is 0 Å². The number of rotatable bonds is 6. The maximum atomic E-state index is 13.3. The largest absolute Gasteiger partial charge is 0.489 e. The molecule has 3 unspecified atom stereocenters. The summed E-state index contributed by atoms with van der Waals surface area (Å²) in [6.07, 6.45) is 9.05. The molecule has 7 heteroatoms. The molecule has 2 amide bonds. The molecule has 3 heterocycles. The molecule has 1 aliphatic carbocycles. The van der Waals surface area contributed by atoms with Crippen LogP contribution in [0.25, 0.3) is 0 Å². The summed E-state index contributed by atoms with van der Waals surface area (Å²) in [6.45, 7) is 1.15. The number of carbonyl (C=O) groups is 2. The first-order valence-corrected chi connectivity index (χ1v) is 13.2. The van der Waals surface area contributed by atoms with E-state index in [1.54, 1.807) is 12.4 Å². The Kier molecular flexibility index (Phi) is 6.62. The van der Waals surface area contributed by atoms with E-state index in [0.29, 0.717) is 25.5 Å². The summed E-state index contributed by atoms with van der Waals surface area (Å²) in [7, 11) is 0. The van der Waals surface area contributed by atoms with Crippen LogP contribution in [-0.2, 0) is 29.0 Å². The summed E-state index contributed by atoms with van der Waals surface area (Å²) in [5.41, 5.74) is 11.4. The Bertz CT molecular complexity index is 1280. The van der Waals surface area contributed by atoms with Gasteiger partial charge in [-0.1, -0.05) is 43.2 Å². The first kappa shape index (κ1) is 23.7. The van der Waals surface area contributed by atoms with Crippen LogP contribution in [0.2, 0.25) is 0 Å². The number of anilines is 1. The van der Waals surface area contributed by atoms with Crippen molar-refractivity contribution in [3.05, 3.63) is 89.2 Å². The fourth-order valence-electron chi connectivity index (χ4n) is 6.03. The zero-order chi connectivity index (χ0) is 25.2. The molecule has 1 saturated carbocycles. The van der Waals surface area contributed by atoms with E-state index < -0.39 is 0 Å². The first-order chi connectivity index (χ1) is 18.2. The predicted molar refractivity (Wildman–Crippen MR) is 141 cm³/mol. The van der Waals surface area contributed by atoms with Crippen LogP contribution >= 0.6 is 0 Å². The average Bonchev–Trinajstić information content (AvgIpc) is 3.37. The van der Waals surface area contributed by atoms with Gasteiger partial charge in [0, 0.05) is 30.9 Å². The molecule has 1 saturated heterocycles. The highest BCUT2D eigenvalue weighted by molar-refractivity contribution is 5.97. The molecule has 2 fully saturated rings. The van der Waals surface area contributed by atoms with Crippen molar-refractivity contribution in [1.82, 2.24) is 15.8 Å². The highest BCUT2D eigenvalue weighted by atomic mass is 16.5. The van der Waals surface area contributed by atoms with Gasteiger partial charge >= 0.3 is 0 Å². The lowest BCUT2D eigenvalue weighted by molar-refractivity contribution is -0.133. The van der Waals surface area contributed by atoms with E-state index in [-0.39, 0.29) is 23.8 Å². The molecule has 190 valence electrons. The Hall–Kier alpha value is -3.71. The summed E-state index contributed by atoms with van der Waals surface area (Å²) in [5.74, 6) is 1.39. The van der Waals surface area contributed by atoms with E-state index >= 15 is 0 Å². The van der Waals surface area contributed by atoms with Crippen LogP contribution in [-0.4, -0.2) is 23.3 Å². The van der Waals surface area contributed by atoms with Crippen molar-refractivity contribution >= 4 is 17.5 Å². The molecule has 2 aromatic carbocycles. The van der Waals surface area contributed by atoms with E-state index in [4.69, 9.17) is 4.74 Å². The SMILES string of the molecule is O=C1NNC(c2ccc(CC(=O)N3CCc4ccc(OCc5ccncc5)cc43)cc2)C2CCCCC12. The van der Waals surface area contributed by atoms with Gasteiger partial charge in [0.2, 0.25) is 11.8 Å². The summed E-state index contributed by atoms with van der Waals surface area (Å²) < 4.78 is 5.98. The molecule has 3 aliphatic rings. The number of hydrogen-bond acceptors (Lipinski definition) is 5. The third kappa shape index (κ3) is 4.96. The van der Waals surface area contributed by atoms with Crippen LogP contribution in [0.4, 0.5) is 5.69 Å². The third-order valence-corrected chi connectivity index (χ3v) is 8.04. The van der Waals surface area contributed by atoms with Crippen LogP contribution in [0, 0.1) is 11.8 Å². The van der Waals surface area contributed by atoms with Crippen molar-refractivity contribution in [2.24, 2.45) is 11.8 Å². The van der Waals surface area contributed by atoms with Gasteiger partial charge in [0.15, 0.2) is 0 Å². The van der Waals surface area contributed by atoms with Crippen LogP contribution in [0.15, 0.2) is 67.0 Å². The minimum atomic E-state index is 0.0909. The second-order valence-corrected chi connectivity index (χ2v) is 10.3. The Morgan fingerprint density at radius 2 is 1.81 bits per heavy atom. The number of ether oxygens (including phenoxy) is 1. The Morgan fingerprint density at radius 3 is 2.65 bits per heavy atom. The number of hydrogen-bond donors (Lipinski definition) is 2. The van der Waals surface area contributed by atoms with Gasteiger partial charge < -0.3 is 9.64 Å². The lowest BCUT2D eigenvalue weighted by atomic mass is 9.72. The second-order valence-electron chi connectivity index (χ2n) is 10.3. The van der Waals surface area contributed by atoms with Crippen molar-refractivity contribution in [2.75, 3.05) is 11.4 Å². The van der Waals surface area contributed by atoms with Gasteiger partial charge in [-0.2, -0.15) is 0 Å². The van der Waals surface area contributed by atoms with Crippen LogP contribution in [0.5, 0.6) is 5.75 Å². The van der Waals surface area contributed by atoms with Gasteiger partial charge in [0.25, 0.3) is 0 Å². The molecule has 1 aromatic heterocycles. The Morgan fingerprint density at radius 1 is 1.00 bits per heavy atom. The molecule has 0 radical (unpaired) electrons. The third-order valence-electron chi connectivity index (χ3n) is 8.04. The molecule has 3 aromatic rings. The van der Waals surface area contributed by atoms with Gasteiger partial charge in [-0.05, 0) is 65.6 Å². The van der Waals surface area contributed by atoms with Gasteiger partial charge in [0.1, 0.15) is 12.4 Å². The molecule has 6 rings (SSSR count). The van der Waals surface area contributed by atoms with Gasteiger partial charge in [-0.25, -0.2) is 5.43 Å². The monoisotopic (exact) mass is 496 g/mol. The molecular formula is C30H32N4O3. The molecule has 7 nitrogen and oxygen atoms in total. The number of fused-ring (bicyclic) bond motifs is 2. The normalized spacial score (nSPS) is 22.6. The standard InChI is InChI=1S/C30H32N4O3/c35-28(34-16-13-22-9-10-24(18-27(22)34)37-19-21-11-14-31-15-12-21)17-20-5-7-23(8-6-20)29-25-3-1-2-4-26(25)30(36)33-32-29/h5-12,14-15,18,25-26,29,32H,1-4,13,16-17,19H2,(H,33,36). The number of benzene rings is 2. The van der Waals surface area contributed by atoms with Crippen molar-refractivity contribution in [3.8, 4) is 5.75 Å². The molecule has 0 bridgehead atoms. The fraction of sp³-hybridized carbons (Fsp3) is 0.367.